The van der Waals surface area contributed by atoms with Crippen molar-refractivity contribution in [3.8, 4) is 11.5 Å². The van der Waals surface area contributed by atoms with E-state index in [2.05, 4.69) is 5.32 Å². The smallest absolute Gasteiger partial charge is 0.254 e. The number of methoxy groups -OCH3 is 1. The zero-order valence-corrected chi connectivity index (χ0v) is 14.6. The maximum absolute atomic E-state index is 12.6. The van der Waals surface area contributed by atoms with Crippen LogP contribution in [0.1, 0.15) is 24.2 Å². The molecular formula is C15H22Cl2N2O3. The molecule has 0 radical (unpaired) electrons. The van der Waals surface area contributed by atoms with Gasteiger partial charge >= 0.3 is 0 Å². The molecule has 2 rings (SSSR count). The molecule has 1 fully saturated rings. The number of hydrogen-bond acceptors (Lipinski definition) is 4. The molecule has 1 amide bonds. The second-order valence-corrected chi connectivity index (χ2v) is 5.38. The molecule has 0 saturated carbocycles. The fraction of sp³-hybridized carbons (Fsp3) is 0.533. The lowest BCUT2D eigenvalue weighted by molar-refractivity contribution is 0.0655. The lowest BCUT2D eigenvalue weighted by atomic mass is 10.1. The first kappa shape index (κ1) is 18.9. The van der Waals surface area contributed by atoms with E-state index >= 15 is 0 Å². The Bertz CT molecular complexity index is 526. The molecule has 0 aliphatic carbocycles. The quantitative estimate of drug-likeness (QED) is 0.908. The maximum atomic E-state index is 12.6. The first-order valence-corrected chi connectivity index (χ1v) is 7.48. The molecule has 1 heterocycles. The van der Waals surface area contributed by atoms with Crippen LogP contribution >= 0.6 is 24.0 Å². The van der Waals surface area contributed by atoms with Crippen molar-refractivity contribution in [3.63, 3.8) is 0 Å². The lowest BCUT2D eigenvalue weighted by Crippen LogP contribution is -2.52. The largest absolute Gasteiger partial charge is 0.493 e. The molecule has 1 N–H and O–H groups in total. The standard InChI is InChI=1S/C15H21ClN2O3.ClH/c1-4-21-14-12(16)7-11(8-13(14)20-3)15(19)18-6-5-17-9-10(18)2;/h7-8,10,17H,4-6,9H2,1-3H3;1H/t10-;/m0./s1. The average molecular weight is 349 g/mol. The second-order valence-electron chi connectivity index (χ2n) is 4.97. The van der Waals surface area contributed by atoms with Gasteiger partial charge in [0.25, 0.3) is 5.91 Å². The van der Waals surface area contributed by atoms with Crippen LogP contribution in [0.15, 0.2) is 12.1 Å². The minimum atomic E-state index is -0.0350. The monoisotopic (exact) mass is 348 g/mol. The number of halogens is 2. The number of piperazine rings is 1. The minimum absolute atomic E-state index is 0. The third kappa shape index (κ3) is 3.97. The summed E-state index contributed by atoms with van der Waals surface area (Å²) in [5.41, 5.74) is 0.522. The third-order valence-electron chi connectivity index (χ3n) is 3.53. The van der Waals surface area contributed by atoms with E-state index in [-0.39, 0.29) is 24.4 Å². The Labute approximate surface area is 142 Å². The number of nitrogens with one attached hydrogen (secondary N) is 1. The molecule has 1 aromatic carbocycles. The van der Waals surface area contributed by atoms with Crippen LogP contribution in [-0.4, -0.2) is 50.2 Å². The Morgan fingerprint density at radius 3 is 2.82 bits per heavy atom. The van der Waals surface area contributed by atoms with Gasteiger partial charge in [0.1, 0.15) is 0 Å². The summed E-state index contributed by atoms with van der Waals surface area (Å²) in [7, 11) is 1.54. The number of ether oxygens (including phenoxy) is 2. The molecule has 1 saturated heterocycles. The summed E-state index contributed by atoms with van der Waals surface area (Å²) in [5.74, 6) is 0.925. The van der Waals surface area contributed by atoms with E-state index in [0.29, 0.717) is 35.2 Å². The van der Waals surface area contributed by atoms with Gasteiger partial charge in [0.15, 0.2) is 11.5 Å². The van der Waals surface area contributed by atoms with Crippen molar-refractivity contribution in [1.29, 1.82) is 0 Å². The Balaban J connectivity index is 0.00000242. The fourth-order valence-corrected chi connectivity index (χ4v) is 2.70. The summed E-state index contributed by atoms with van der Waals surface area (Å²) >= 11 is 6.22. The van der Waals surface area contributed by atoms with Gasteiger partial charge in [0, 0.05) is 31.2 Å². The van der Waals surface area contributed by atoms with Crippen LogP contribution in [0.2, 0.25) is 5.02 Å². The van der Waals surface area contributed by atoms with Crippen molar-refractivity contribution >= 4 is 29.9 Å². The van der Waals surface area contributed by atoms with E-state index < -0.39 is 0 Å². The van der Waals surface area contributed by atoms with Crippen LogP contribution in [0.3, 0.4) is 0 Å². The van der Waals surface area contributed by atoms with Crippen molar-refractivity contribution in [2.45, 2.75) is 19.9 Å². The predicted octanol–water partition coefficient (Wildman–Crippen LogP) is 2.60. The normalized spacial score (nSPS) is 17.6. The predicted molar refractivity (Wildman–Crippen MR) is 89.8 cm³/mol. The summed E-state index contributed by atoms with van der Waals surface area (Å²) in [6.07, 6.45) is 0. The van der Waals surface area contributed by atoms with Gasteiger partial charge in [0.05, 0.1) is 18.7 Å². The zero-order valence-electron chi connectivity index (χ0n) is 13.0. The fourth-order valence-electron chi connectivity index (χ4n) is 2.44. The molecule has 7 heteroatoms. The Morgan fingerprint density at radius 2 is 2.23 bits per heavy atom. The van der Waals surface area contributed by atoms with Crippen molar-refractivity contribution in [2.75, 3.05) is 33.4 Å². The number of rotatable bonds is 4. The van der Waals surface area contributed by atoms with Crippen LogP contribution in [0.25, 0.3) is 0 Å². The van der Waals surface area contributed by atoms with E-state index in [4.69, 9.17) is 21.1 Å². The van der Waals surface area contributed by atoms with Gasteiger partial charge in [-0.25, -0.2) is 0 Å². The molecular weight excluding hydrogens is 327 g/mol. The molecule has 1 aliphatic heterocycles. The highest BCUT2D eigenvalue weighted by molar-refractivity contribution is 6.32. The van der Waals surface area contributed by atoms with E-state index in [1.54, 1.807) is 12.1 Å². The molecule has 0 spiro atoms. The molecule has 5 nitrogen and oxygen atoms in total. The van der Waals surface area contributed by atoms with E-state index in [1.807, 2.05) is 18.7 Å². The number of hydrogen-bond donors (Lipinski definition) is 1. The summed E-state index contributed by atoms with van der Waals surface area (Å²) in [6, 6.07) is 3.49. The van der Waals surface area contributed by atoms with Crippen LogP contribution in [0.4, 0.5) is 0 Å². The minimum Gasteiger partial charge on any atom is -0.493 e. The van der Waals surface area contributed by atoms with Crippen molar-refractivity contribution in [3.05, 3.63) is 22.7 Å². The van der Waals surface area contributed by atoms with Crippen LogP contribution in [-0.2, 0) is 0 Å². The first-order valence-electron chi connectivity index (χ1n) is 7.10. The summed E-state index contributed by atoms with van der Waals surface area (Å²) < 4.78 is 10.8. The maximum Gasteiger partial charge on any atom is 0.254 e. The number of carbonyl (C=O) groups excluding carboxylic acids is 1. The third-order valence-corrected chi connectivity index (χ3v) is 3.81. The van der Waals surface area contributed by atoms with Gasteiger partial charge in [-0.2, -0.15) is 0 Å². The molecule has 0 aromatic heterocycles. The number of carbonyl (C=O) groups is 1. The van der Waals surface area contributed by atoms with E-state index in [1.165, 1.54) is 7.11 Å². The van der Waals surface area contributed by atoms with Crippen LogP contribution in [0, 0.1) is 0 Å². The van der Waals surface area contributed by atoms with E-state index in [9.17, 15) is 4.79 Å². The molecule has 22 heavy (non-hydrogen) atoms. The summed E-state index contributed by atoms with van der Waals surface area (Å²) in [5, 5.41) is 3.66. The summed E-state index contributed by atoms with van der Waals surface area (Å²) in [4.78, 5) is 14.5. The van der Waals surface area contributed by atoms with Crippen LogP contribution < -0.4 is 14.8 Å². The summed E-state index contributed by atoms with van der Waals surface area (Å²) in [6.45, 7) is 6.67. The average Bonchev–Trinajstić information content (AvgIpc) is 2.49. The Morgan fingerprint density at radius 1 is 1.50 bits per heavy atom. The van der Waals surface area contributed by atoms with Crippen molar-refractivity contribution in [2.24, 2.45) is 0 Å². The van der Waals surface area contributed by atoms with Gasteiger partial charge in [-0.15, -0.1) is 12.4 Å². The van der Waals surface area contributed by atoms with Crippen molar-refractivity contribution in [1.82, 2.24) is 10.2 Å². The zero-order chi connectivity index (χ0) is 15.4. The van der Waals surface area contributed by atoms with Crippen LogP contribution in [0.5, 0.6) is 11.5 Å². The van der Waals surface area contributed by atoms with Gasteiger partial charge < -0.3 is 19.7 Å². The Kier molecular flexibility index (Phi) is 7.26. The molecule has 1 aliphatic rings. The van der Waals surface area contributed by atoms with Gasteiger partial charge in [-0.05, 0) is 26.0 Å². The molecule has 1 aromatic rings. The molecule has 1 atom stereocenters. The molecule has 124 valence electrons. The molecule has 0 bridgehead atoms. The van der Waals surface area contributed by atoms with E-state index in [0.717, 1.165) is 13.1 Å². The second kappa shape index (κ2) is 8.46. The number of benzene rings is 1. The highest BCUT2D eigenvalue weighted by Gasteiger charge is 2.25. The highest BCUT2D eigenvalue weighted by Crippen LogP contribution is 2.36. The topological polar surface area (TPSA) is 50.8 Å². The highest BCUT2D eigenvalue weighted by atomic mass is 35.5. The Hall–Kier alpha value is -1.17. The lowest BCUT2D eigenvalue weighted by Gasteiger charge is -2.34. The first-order chi connectivity index (χ1) is 10.1. The molecule has 0 unspecified atom stereocenters. The SMILES string of the molecule is CCOc1c(Cl)cc(C(=O)N2CCNC[C@@H]2C)cc1OC.Cl. The van der Waals surface area contributed by atoms with Gasteiger partial charge in [-0.3, -0.25) is 4.79 Å². The van der Waals surface area contributed by atoms with Crippen molar-refractivity contribution < 1.29 is 14.3 Å². The number of amides is 1. The van der Waals surface area contributed by atoms with Gasteiger partial charge in [0.2, 0.25) is 0 Å². The van der Waals surface area contributed by atoms with Gasteiger partial charge in [-0.1, -0.05) is 11.6 Å². The number of nitrogens with zero attached hydrogens (tertiary/aromatic N) is 1.